The maximum absolute atomic E-state index is 15.0. The number of amides is 1. The van der Waals surface area contributed by atoms with Crippen molar-refractivity contribution < 1.29 is 18.3 Å². The minimum Gasteiger partial charge on any atom is -0.444 e. The molecule has 3 heterocycles. The highest BCUT2D eigenvalue weighted by atomic mass is 35.5. The lowest BCUT2D eigenvalue weighted by Gasteiger charge is -2.36. The maximum atomic E-state index is 15.0. The van der Waals surface area contributed by atoms with E-state index in [1.54, 1.807) is 15.5 Å². The number of benzene rings is 2. The standard InChI is InChI=1S/C26H26Cl2F2N4O3S/c1-26(2,3)37-25(36)33-8-6-32(7-9-33)23-15-12-17(28)20(14-11-16(27)19(30)13-18(14)29)22-21(15)34(24(35)31-23)5-4-10-38-22/h11-13H,4-10H2,1-3H3. The molecular weight excluding hydrogens is 557 g/mol. The fourth-order valence-corrected chi connectivity index (χ4v) is 6.46. The van der Waals surface area contributed by atoms with Crippen molar-refractivity contribution in [1.29, 1.82) is 0 Å². The van der Waals surface area contributed by atoms with E-state index in [0.29, 0.717) is 72.1 Å². The van der Waals surface area contributed by atoms with Crippen LogP contribution in [0.25, 0.3) is 22.0 Å². The number of aryl methyl sites for hydroxylation is 1. The Kier molecular flexibility index (Phi) is 7.26. The molecule has 7 nitrogen and oxygen atoms in total. The first-order chi connectivity index (χ1) is 17.9. The minimum absolute atomic E-state index is 0.0658. The van der Waals surface area contributed by atoms with Gasteiger partial charge < -0.3 is 14.5 Å². The molecule has 0 saturated carbocycles. The molecule has 2 aliphatic rings. The van der Waals surface area contributed by atoms with E-state index in [-0.39, 0.29) is 21.7 Å². The van der Waals surface area contributed by atoms with Crippen LogP contribution in [0.4, 0.5) is 19.4 Å². The SMILES string of the molecule is CC(C)(C)OC(=O)N1CCN(c2nc(=O)n3c4c(c(-c5cc(Cl)c(F)cc5F)c(Cl)cc24)SCCC3)CC1. The summed E-state index contributed by atoms with van der Waals surface area (Å²) in [6.45, 7) is 7.57. The Morgan fingerprint density at radius 1 is 1.03 bits per heavy atom. The van der Waals surface area contributed by atoms with Gasteiger partial charge in [0.25, 0.3) is 0 Å². The molecule has 1 amide bonds. The summed E-state index contributed by atoms with van der Waals surface area (Å²) in [7, 11) is 0. The fraction of sp³-hybridized carbons (Fsp3) is 0.423. The normalized spacial score (nSPS) is 16.1. The molecule has 5 rings (SSSR count). The first-order valence-corrected chi connectivity index (χ1v) is 14.0. The molecule has 0 N–H and O–H groups in total. The summed E-state index contributed by atoms with van der Waals surface area (Å²) < 4.78 is 36.0. The van der Waals surface area contributed by atoms with Crippen LogP contribution < -0.4 is 10.6 Å². The van der Waals surface area contributed by atoms with Crippen LogP contribution in [-0.2, 0) is 11.3 Å². The zero-order chi connectivity index (χ0) is 27.4. The van der Waals surface area contributed by atoms with E-state index in [0.717, 1.165) is 6.07 Å². The van der Waals surface area contributed by atoms with Crippen LogP contribution in [0.5, 0.6) is 0 Å². The number of thioether (sulfide) groups is 1. The van der Waals surface area contributed by atoms with Crippen LogP contribution in [0.1, 0.15) is 27.2 Å². The van der Waals surface area contributed by atoms with Crippen LogP contribution in [0.2, 0.25) is 10.0 Å². The van der Waals surface area contributed by atoms with Crippen LogP contribution in [0.15, 0.2) is 27.9 Å². The third-order valence-corrected chi connectivity index (χ3v) is 8.20. The molecule has 0 atom stereocenters. The second-order valence-corrected chi connectivity index (χ2v) is 12.2. The molecular formula is C26H26Cl2F2N4O3S. The third-order valence-electron chi connectivity index (χ3n) is 6.43. The first kappa shape index (κ1) is 27.0. The Morgan fingerprint density at radius 2 is 1.74 bits per heavy atom. The van der Waals surface area contributed by atoms with Crippen molar-refractivity contribution in [3.05, 3.63) is 50.4 Å². The van der Waals surface area contributed by atoms with Gasteiger partial charge >= 0.3 is 11.8 Å². The highest BCUT2D eigenvalue weighted by molar-refractivity contribution is 7.99. The van der Waals surface area contributed by atoms with Crippen molar-refractivity contribution in [2.75, 3.05) is 36.8 Å². The van der Waals surface area contributed by atoms with Crippen molar-refractivity contribution in [1.82, 2.24) is 14.5 Å². The van der Waals surface area contributed by atoms with Crippen molar-refractivity contribution in [3.63, 3.8) is 0 Å². The van der Waals surface area contributed by atoms with Gasteiger partial charge in [-0.05, 0) is 45.1 Å². The molecule has 1 aromatic heterocycles. The van der Waals surface area contributed by atoms with E-state index >= 15 is 0 Å². The van der Waals surface area contributed by atoms with Gasteiger partial charge in [-0.2, -0.15) is 4.98 Å². The van der Waals surface area contributed by atoms with Crippen molar-refractivity contribution in [2.45, 2.75) is 44.2 Å². The van der Waals surface area contributed by atoms with Crippen molar-refractivity contribution in [2.24, 2.45) is 0 Å². The van der Waals surface area contributed by atoms with Crippen LogP contribution in [0.3, 0.4) is 0 Å². The molecule has 1 saturated heterocycles. The van der Waals surface area contributed by atoms with Gasteiger partial charge in [-0.25, -0.2) is 18.4 Å². The predicted molar refractivity (Wildman–Crippen MR) is 147 cm³/mol. The highest BCUT2D eigenvalue weighted by Gasteiger charge is 2.30. The molecule has 0 radical (unpaired) electrons. The number of piperazine rings is 1. The molecule has 0 aliphatic carbocycles. The third kappa shape index (κ3) is 5.05. The molecule has 0 spiro atoms. The van der Waals surface area contributed by atoms with Gasteiger partial charge in [-0.15, -0.1) is 11.8 Å². The number of carbonyl (C=O) groups is 1. The molecule has 202 valence electrons. The van der Waals surface area contributed by atoms with E-state index in [4.69, 9.17) is 27.9 Å². The Morgan fingerprint density at radius 3 is 2.42 bits per heavy atom. The summed E-state index contributed by atoms with van der Waals surface area (Å²) in [5.41, 5.74) is 0.0223. The van der Waals surface area contributed by atoms with Gasteiger partial charge in [0.2, 0.25) is 0 Å². The number of nitrogens with zero attached hydrogens (tertiary/aromatic N) is 4. The fourth-order valence-electron chi connectivity index (χ4n) is 4.74. The van der Waals surface area contributed by atoms with Gasteiger partial charge in [0.1, 0.15) is 23.1 Å². The molecule has 0 unspecified atom stereocenters. The Bertz CT molecular complexity index is 1500. The first-order valence-electron chi connectivity index (χ1n) is 12.2. The van der Waals surface area contributed by atoms with E-state index in [1.807, 2.05) is 25.7 Å². The number of rotatable bonds is 2. The predicted octanol–water partition coefficient (Wildman–Crippen LogP) is 6.20. The van der Waals surface area contributed by atoms with Crippen LogP contribution in [0, 0.1) is 11.6 Å². The molecule has 1 fully saturated rings. The number of ether oxygens (including phenoxy) is 1. The summed E-state index contributed by atoms with van der Waals surface area (Å²) in [5, 5.41) is 0.672. The van der Waals surface area contributed by atoms with E-state index in [1.165, 1.54) is 17.8 Å². The molecule has 2 aromatic carbocycles. The average molecular weight is 583 g/mol. The lowest BCUT2D eigenvalue weighted by molar-refractivity contribution is 0.0240. The van der Waals surface area contributed by atoms with Gasteiger partial charge in [-0.3, -0.25) is 4.57 Å². The molecule has 0 bridgehead atoms. The summed E-state index contributed by atoms with van der Waals surface area (Å²) >= 11 is 14.2. The smallest absolute Gasteiger partial charge is 0.410 e. The monoisotopic (exact) mass is 582 g/mol. The highest BCUT2D eigenvalue weighted by Crippen LogP contribution is 2.46. The van der Waals surface area contributed by atoms with Gasteiger partial charge in [-0.1, -0.05) is 23.2 Å². The van der Waals surface area contributed by atoms with Crippen LogP contribution >= 0.6 is 35.0 Å². The van der Waals surface area contributed by atoms with Gasteiger partial charge in [0.05, 0.1) is 15.6 Å². The summed E-state index contributed by atoms with van der Waals surface area (Å²) in [4.78, 5) is 34.4. The number of hydrogen-bond acceptors (Lipinski definition) is 6. The topological polar surface area (TPSA) is 67.7 Å². The van der Waals surface area contributed by atoms with E-state index in [2.05, 4.69) is 4.98 Å². The van der Waals surface area contributed by atoms with Gasteiger partial charge in [0.15, 0.2) is 0 Å². The van der Waals surface area contributed by atoms with E-state index < -0.39 is 22.9 Å². The Labute approximate surface area is 232 Å². The quantitative estimate of drug-likeness (QED) is 0.335. The summed E-state index contributed by atoms with van der Waals surface area (Å²) in [6, 6.07) is 3.64. The zero-order valence-corrected chi connectivity index (χ0v) is 23.4. The minimum atomic E-state index is -0.864. The number of halogens is 4. The zero-order valence-electron chi connectivity index (χ0n) is 21.1. The largest absolute Gasteiger partial charge is 0.444 e. The Balaban J connectivity index is 1.61. The number of carbonyl (C=O) groups excluding carboxylic acids is 1. The lowest BCUT2D eigenvalue weighted by Crippen LogP contribution is -2.50. The maximum Gasteiger partial charge on any atom is 0.410 e. The van der Waals surface area contributed by atoms with Crippen molar-refractivity contribution in [3.8, 4) is 11.1 Å². The van der Waals surface area contributed by atoms with Crippen LogP contribution in [-0.4, -0.2) is 58.1 Å². The summed E-state index contributed by atoms with van der Waals surface area (Å²) in [6.07, 6.45) is 0.316. The molecule has 12 heteroatoms. The lowest BCUT2D eigenvalue weighted by atomic mass is 10.0. The molecule has 2 aliphatic heterocycles. The molecule has 3 aromatic rings. The summed E-state index contributed by atoms with van der Waals surface area (Å²) in [5.74, 6) is -0.530. The average Bonchev–Trinajstić information content (AvgIpc) is 3.07. The molecule has 38 heavy (non-hydrogen) atoms. The van der Waals surface area contributed by atoms with Gasteiger partial charge in [0, 0.05) is 60.2 Å². The van der Waals surface area contributed by atoms with E-state index in [9.17, 15) is 18.4 Å². The van der Waals surface area contributed by atoms with Crippen molar-refractivity contribution >= 4 is 57.8 Å². The number of anilines is 1. The second kappa shape index (κ2) is 10.2. The Hall–Kier alpha value is -2.56. The second-order valence-electron chi connectivity index (χ2n) is 10.2. The number of aromatic nitrogens is 2. The number of hydrogen-bond donors (Lipinski definition) is 0.